The highest BCUT2D eigenvalue weighted by Gasteiger charge is 1.96. The minimum atomic E-state index is 0.679. The van der Waals surface area contributed by atoms with Gasteiger partial charge >= 0.3 is 0 Å². The average Bonchev–Trinajstić information content (AvgIpc) is 2.31. The fraction of sp³-hybridized carbons (Fsp3) is 0.231. The Morgan fingerprint density at radius 1 is 1.13 bits per heavy atom. The second-order valence-corrected chi connectivity index (χ2v) is 2.97. The van der Waals surface area contributed by atoms with Gasteiger partial charge in [0, 0.05) is 11.1 Å². The van der Waals surface area contributed by atoms with Crippen molar-refractivity contribution in [1.29, 1.82) is 5.26 Å². The second-order valence-electron chi connectivity index (χ2n) is 2.97. The molecule has 0 spiro atoms. The lowest BCUT2D eigenvalue weighted by Crippen LogP contribution is -1.83. The summed E-state index contributed by atoms with van der Waals surface area (Å²) in [5.74, 6) is 0. The Hall–Kier alpha value is -1.88. The van der Waals surface area contributed by atoms with Crippen LogP contribution in [0.5, 0.6) is 0 Å². The van der Waals surface area contributed by atoms with Crippen LogP contribution < -0.4 is 0 Å². The van der Waals surface area contributed by atoms with E-state index in [-0.39, 0.29) is 0 Å². The zero-order valence-electron chi connectivity index (χ0n) is 9.28. The van der Waals surface area contributed by atoms with Gasteiger partial charge < -0.3 is 0 Å². The van der Waals surface area contributed by atoms with E-state index in [1.165, 1.54) is 0 Å². The maximum absolute atomic E-state index is 8.68. The summed E-state index contributed by atoms with van der Waals surface area (Å²) >= 11 is 0. The maximum atomic E-state index is 8.68. The summed E-state index contributed by atoms with van der Waals surface area (Å²) in [5, 5.41) is 9.70. The summed E-state index contributed by atoms with van der Waals surface area (Å²) in [7, 11) is 0. The predicted octanol–water partition coefficient (Wildman–Crippen LogP) is 3.44. The number of aromatic nitrogens is 1. The second kappa shape index (κ2) is 5.11. The van der Waals surface area contributed by atoms with Crippen molar-refractivity contribution >= 4 is 10.9 Å². The largest absolute Gasteiger partial charge is 0.253 e. The molecule has 0 bridgehead atoms. The molecule has 1 aromatic heterocycles. The quantitative estimate of drug-likeness (QED) is 0.650. The molecule has 1 heterocycles. The number of benzene rings is 1. The molecule has 2 aromatic rings. The normalized spacial score (nSPS) is 8.93. The van der Waals surface area contributed by atoms with Gasteiger partial charge in [0.25, 0.3) is 0 Å². The molecule has 0 aliphatic rings. The van der Waals surface area contributed by atoms with E-state index in [0.29, 0.717) is 5.56 Å². The van der Waals surface area contributed by atoms with Crippen LogP contribution in [0.15, 0.2) is 30.3 Å². The van der Waals surface area contributed by atoms with E-state index in [9.17, 15) is 0 Å². The van der Waals surface area contributed by atoms with Gasteiger partial charge in [-0.15, -0.1) is 0 Å². The lowest BCUT2D eigenvalue weighted by atomic mass is 10.1. The fourth-order valence-corrected chi connectivity index (χ4v) is 1.30. The molecule has 0 fully saturated rings. The minimum Gasteiger partial charge on any atom is -0.253 e. The third-order valence-corrected chi connectivity index (χ3v) is 1.96. The first kappa shape index (κ1) is 11.2. The van der Waals surface area contributed by atoms with Crippen LogP contribution in [0, 0.1) is 18.3 Å². The van der Waals surface area contributed by atoms with Crippen LogP contribution in [0.25, 0.3) is 10.9 Å². The summed E-state index contributed by atoms with van der Waals surface area (Å²) in [6.07, 6.45) is 0. The molecular formula is C13H14N2. The Morgan fingerprint density at radius 2 is 1.87 bits per heavy atom. The SMILES string of the molecule is CC.Cc1ccc2cc(C#N)ccc2n1. The fourth-order valence-electron chi connectivity index (χ4n) is 1.30. The number of nitriles is 1. The van der Waals surface area contributed by atoms with Gasteiger partial charge in [0.1, 0.15) is 0 Å². The van der Waals surface area contributed by atoms with Crippen molar-refractivity contribution < 1.29 is 0 Å². The molecule has 0 saturated carbocycles. The molecule has 0 unspecified atom stereocenters. The third-order valence-electron chi connectivity index (χ3n) is 1.96. The summed E-state index contributed by atoms with van der Waals surface area (Å²) in [6.45, 7) is 5.96. The van der Waals surface area contributed by atoms with Crippen molar-refractivity contribution in [2.75, 3.05) is 0 Å². The van der Waals surface area contributed by atoms with Crippen molar-refractivity contribution in [3.05, 3.63) is 41.6 Å². The zero-order chi connectivity index (χ0) is 11.3. The number of nitrogens with zero attached hydrogens (tertiary/aromatic N) is 2. The van der Waals surface area contributed by atoms with Crippen LogP contribution in [0.1, 0.15) is 25.1 Å². The van der Waals surface area contributed by atoms with E-state index in [0.717, 1.165) is 16.6 Å². The Kier molecular flexibility index (Phi) is 3.82. The van der Waals surface area contributed by atoms with E-state index < -0.39 is 0 Å². The van der Waals surface area contributed by atoms with Crippen LogP contribution >= 0.6 is 0 Å². The van der Waals surface area contributed by atoms with E-state index in [4.69, 9.17) is 5.26 Å². The molecule has 76 valence electrons. The summed E-state index contributed by atoms with van der Waals surface area (Å²) < 4.78 is 0. The van der Waals surface area contributed by atoms with Gasteiger partial charge in [-0.3, -0.25) is 4.98 Å². The highest BCUT2D eigenvalue weighted by Crippen LogP contribution is 2.13. The monoisotopic (exact) mass is 198 g/mol. The molecular weight excluding hydrogens is 184 g/mol. The average molecular weight is 198 g/mol. The topological polar surface area (TPSA) is 36.7 Å². The van der Waals surface area contributed by atoms with Crippen molar-refractivity contribution in [3.8, 4) is 6.07 Å². The highest BCUT2D eigenvalue weighted by atomic mass is 14.7. The highest BCUT2D eigenvalue weighted by molar-refractivity contribution is 5.80. The Labute approximate surface area is 90.2 Å². The number of aryl methyl sites for hydroxylation is 1. The molecule has 0 aliphatic heterocycles. The molecule has 0 aliphatic carbocycles. The zero-order valence-corrected chi connectivity index (χ0v) is 9.28. The molecule has 1 aromatic carbocycles. The molecule has 0 amide bonds. The molecule has 0 radical (unpaired) electrons. The van der Waals surface area contributed by atoms with Gasteiger partial charge in [-0.2, -0.15) is 5.26 Å². The first-order chi connectivity index (χ1) is 7.29. The van der Waals surface area contributed by atoms with Crippen LogP contribution in [-0.2, 0) is 0 Å². The number of rotatable bonds is 0. The van der Waals surface area contributed by atoms with E-state index in [1.54, 1.807) is 6.07 Å². The predicted molar refractivity (Wildman–Crippen MR) is 62.5 cm³/mol. The van der Waals surface area contributed by atoms with Gasteiger partial charge in [-0.1, -0.05) is 19.9 Å². The Balaban J connectivity index is 0.000000531. The van der Waals surface area contributed by atoms with Crippen LogP contribution in [0.4, 0.5) is 0 Å². The molecule has 0 atom stereocenters. The van der Waals surface area contributed by atoms with E-state index >= 15 is 0 Å². The number of fused-ring (bicyclic) bond motifs is 1. The van der Waals surface area contributed by atoms with Crippen LogP contribution in [0.3, 0.4) is 0 Å². The van der Waals surface area contributed by atoms with Crippen molar-refractivity contribution in [3.63, 3.8) is 0 Å². The van der Waals surface area contributed by atoms with E-state index in [1.807, 2.05) is 45.0 Å². The van der Waals surface area contributed by atoms with Crippen molar-refractivity contribution in [2.24, 2.45) is 0 Å². The minimum absolute atomic E-state index is 0.679. The van der Waals surface area contributed by atoms with Gasteiger partial charge in [0.15, 0.2) is 0 Å². The number of pyridine rings is 1. The maximum Gasteiger partial charge on any atom is 0.0991 e. The van der Waals surface area contributed by atoms with Gasteiger partial charge in [-0.25, -0.2) is 0 Å². The van der Waals surface area contributed by atoms with Gasteiger partial charge in [0.05, 0.1) is 17.1 Å². The van der Waals surface area contributed by atoms with Crippen molar-refractivity contribution in [2.45, 2.75) is 20.8 Å². The third kappa shape index (κ3) is 2.54. The standard InChI is InChI=1S/C11H8N2.C2H6/c1-8-2-4-10-6-9(7-12)3-5-11(10)13-8;1-2/h2-6H,1H3;1-2H3. The lowest BCUT2D eigenvalue weighted by molar-refractivity contribution is 1.25. The summed E-state index contributed by atoms with van der Waals surface area (Å²) in [4.78, 5) is 4.34. The van der Waals surface area contributed by atoms with Crippen LogP contribution in [0.2, 0.25) is 0 Å². The van der Waals surface area contributed by atoms with E-state index in [2.05, 4.69) is 11.1 Å². The van der Waals surface area contributed by atoms with Gasteiger partial charge in [-0.05, 0) is 31.2 Å². The van der Waals surface area contributed by atoms with Crippen molar-refractivity contribution in [1.82, 2.24) is 4.98 Å². The van der Waals surface area contributed by atoms with Crippen LogP contribution in [-0.4, -0.2) is 4.98 Å². The molecule has 2 nitrogen and oxygen atoms in total. The summed E-state index contributed by atoms with van der Waals surface area (Å²) in [5.41, 5.74) is 2.62. The summed E-state index contributed by atoms with van der Waals surface area (Å²) in [6, 6.07) is 11.5. The Bertz CT molecular complexity index is 495. The first-order valence-corrected chi connectivity index (χ1v) is 5.07. The molecule has 15 heavy (non-hydrogen) atoms. The smallest absolute Gasteiger partial charge is 0.0991 e. The molecule has 0 saturated heterocycles. The molecule has 2 heteroatoms. The first-order valence-electron chi connectivity index (χ1n) is 5.07. The lowest BCUT2D eigenvalue weighted by Gasteiger charge is -1.98. The number of hydrogen-bond acceptors (Lipinski definition) is 2. The number of hydrogen-bond donors (Lipinski definition) is 0. The molecule has 2 rings (SSSR count). The Morgan fingerprint density at radius 3 is 2.53 bits per heavy atom. The molecule has 0 N–H and O–H groups in total. The van der Waals surface area contributed by atoms with Gasteiger partial charge in [0.2, 0.25) is 0 Å².